The molecule has 6 nitrogen and oxygen atoms in total. The molecule has 2 aromatic rings. The molecule has 0 spiro atoms. The molecule has 98 valence electrons. The smallest absolute Gasteiger partial charge is 0.342 e. The Morgan fingerprint density at radius 2 is 1.79 bits per heavy atom. The molecule has 0 atom stereocenters. The van der Waals surface area contributed by atoms with E-state index >= 15 is 0 Å². The number of carbonyl (C=O) groups excluding carboxylic acids is 2. The van der Waals surface area contributed by atoms with Crippen LogP contribution in [0.1, 0.15) is 10.4 Å². The van der Waals surface area contributed by atoms with Gasteiger partial charge >= 0.3 is 5.97 Å². The minimum absolute atomic E-state index is 0.167. The summed E-state index contributed by atoms with van der Waals surface area (Å²) < 4.78 is 4.59. The SMILES string of the molecule is NC(=O)COC(=O)c1cc(O)c2ccccc2c1O. The van der Waals surface area contributed by atoms with Crippen molar-refractivity contribution in [1.82, 2.24) is 0 Å². The second-order valence-electron chi connectivity index (χ2n) is 3.88. The van der Waals surface area contributed by atoms with E-state index in [1.165, 1.54) is 0 Å². The standard InChI is InChI=1S/C13H11NO5/c14-11(16)6-19-13(18)9-5-10(15)7-3-1-2-4-8(7)12(9)17/h1-5,15,17H,6H2,(H2,14,16). The number of phenols is 2. The Morgan fingerprint density at radius 3 is 2.42 bits per heavy atom. The van der Waals surface area contributed by atoms with Gasteiger partial charge in [0.2, 0.25) is 0 Å². The summed E-state index contributed by atoms with van der Waals surface area (Å²) in [5.41, 5.74) is 4.62. The van der Waals surface area contributed by atoms with Crippen molar-refractivity contribution < 1.29 is 24.5 Å². The fraction of sp³-hybridized carbons (Fsp3) is 0.0769. The molecule has 0 saturated heterocycles. The van der Waals surface area contributed by atoms with Crippen LogP contribution in [0.4, 0.5) is 0 Å². The van der Waals surface area contributed by atoms with Crippen LogP contribution in [-0.4, -0.2) is 28.7 Å². The Kier molecular flexibility index (Phi) is 3.24. The first-order valence-electron chi connectivity index (χ1n) is 5.40. The van der Waals surface area contributed by atoms with Crippen LogP contribution in [0.3, 0.4) is 0 Å². The summed E-state index contributed by atoms with van der Waals surface area (Å²) in [4.78, 5) is 22.2. The Hall–Kier alpha value is -2.76. The van der Waals surface area contributed by atoms with Gasteiger partial charge in [-0.15, -0.1) is 0 Å². The molecule has 0 heterocycles. The van der Waals surface area contributed by atoms with Gasteiger partial charge in [-0.05, 0) is 6.07 Å². The number of ether oxygens (including phenoxy) is 1. The van der Waals surface area contributed by atoms with E-state index in [0.29, 0.717) is 10.8 Å². The summed E-state index contributed by atoms with van der Waals surface area (Å²) in [6.07, 6.45) is 0. The van der Waals surface area contributed by atoms with Gasteiger partial charge in [-0.25, -0.2) is 4.79 Å². The van der Waals surface area contributed by atoms with Crippen LogP contribution in [0, 0.1) is 0 Å². The van der Waals surface area contributed by atoms with E-state index in [-0.39, 0.29) is 17.1 Å². The highest BCUT2D eigenvalue weighted by Gasteiger charge is 2.18. The lowest BCUT2D eigenvalue weighted by molar-refractivity contribution is -0.121. The topological polar surface area (TPSA) is 110 Å². The number of fused-ring (bicyclic) bond motifs is 1. The van der Waals surface area contributed by atoms with Crippen LogP contribution in [0.5, 0.6) is 11.5 Å². The van der Waals surface area contributed by atoms with Gasteiger partial charge in [0.1, 0.15) is 17.1 Å². The van der Waals surface area contributed by atoms with E-state index in [4.69, 9.17) is 5.73 Å². The van der Waals surface area contributed by atoms with Gasteiger partial charge in [-0.2, -0.15) is 0 Å². The zero-order chi connectivity index (χ0) is 14.0. The molecule has 0 unspecified atom stereocenters. The van der Waals surface area contributed by atoms with Crippen molar-refractivity contribution in [2.45, 2.75) is 0 Å². The zero-order valence-electron chi connectivity index (χ0n) is 9.79. The average molecular weight is 261 g/mol. The minimum Gasteiger partial charge on any atom is -0.507 e. The maximum Gasteiger partial charge on any atom is 0.342 e. The summed E-state index contributed by atoms with van der Waals surface area (Å²) in [6, 6.07) is 7.58. The maximum atomic E-state index is 11.7. The van der Waals surface area contributed by atoms with Gasteiger partial charge in [0.15, 0.2) is 6.61 Å². The lowest BCUT2D eigenvalue weighted by Crippen LogP contribution is -2.21. The maximum absolute atomic E-state index is 11.7. The first-order chi connectivity index (χ1) is 9.00. The molecule has 0 bridgehead atoms. The molecule has 1 amide bonds. The fourth-order valence-electron chi connectivity index (χ4n) is 1.71. The lowest BCUT2D eigenvalue weighted by Gasteiger charge is -2.09. The zero-order valence-corrected chi connectivity index (χ0v) is 9.79. The van der Waals surface area contributed by atoms with Crippen LogP contribution in [0.2, 0.25) is 0 Å². The van der Waals surface area contributed by atoms with Gasteiger partial charge in [0.05, 0.1) is 0 Å². The number of hydrogen-bond donors (Lipinski definition) is 3. The van der Waals surface area contributed by atoms with Crippen molar-refractivity contribution in [2.24, 2.45) is 5.73 Å². The number of nitrogens with two attached hydrogens (primary N) is 1. The monoisotopic (exact) mass is 261 g/mol. The third kappa shape index (κ3) is 2.42. The predicted molar refractivity (Wildman–Crippen MR) is 66.8 cm³/mol. The van der Waals surface area contributed by atoms with E-state index in [2.05, 4.69) is 4.74 Å². The highest BCUT2D eigenvalue weighted by Crippen LogP contribution is 2.35. The number of rotatable bonds is 3. The Bertz CT molecular complexity index is 665. The minimum atomic E-state index is -0.933. The molecule has 0 aliphatic carbocycles. The summed E-state index contributed by atoms with van der Waals surface area (Å²) >= 11 is 0. The molecule has 19 heavy (non-hydrogen) atoms. The number of hydrogen-bond acceptors (Lipinski definition) is 5. The highest BCUT2D eigenvalue weighted by molar-refractivity contribution is 6.04. The fourth-order valence-corrected chi connectivity index (χ4v) is 1.71. The van der Waals surface area contributed by atoms with Crippen LogP contribution >= 0.6 is 0 Å². The molecular formula is C13H11NO5. The van der Waals surface area contributed by atoms with E-state index in [1.54, 1.807) is 24.3 Å². The predicted octanol–water partition coefficient (Wildman–Crippen LogP) is 0.893. The number of phenolic OH excluding ortho intramolecular Hbond substituents is 2. The van der Waals surface area contributed by atoms with Gasteiger partial charge in [-0.3, -0.25) is 4.79 Å². The van der Waals surface area contributed by atoms with Gasteiger partial charge in [0, 0.05) is 10.8 Å². The summed E-state index contributed by atoms with van der Waals surface area (Å²) in [7, 11) is 0. The lowest BCUT2D eigenvalue weighted by atomic mass is 10.0. The summed E-state index contributed by atoms with van der Waals surface area (Å²) in [5.74, 6) is -2.22. The Balaban J connectivity index is 2.47. The average Bonchev–Trinajstić information content (AvgIpc) is 2.40. The van der Waals surface area contributed by atoms with Crippen LogP contribution in [0.15, 0.2) is 30.3 Å². The van der Waals surface area contributed by atoms with Crippen molar-refractivity contribution in [3.63, 3.8) is 0 Å². The second kappa shape index (κ2) is 4.85. The van der Waals surface area contributed by atoms with Gasteiger partial charge < -0.3 is 20.7 Å². The second-order valence-corrected chi connectivity index (χ2v) is 3.88. The van der Waals surface area contributed by atoms with Crippen LogP contribution in [0.25, 0.3) is 10.8 Å². The molecule has 2 aromatic carbocycles. The van der Waals surface area contributed by atoms with Crippen molar-refractivity contribution in [3.8, 4) is 11.5 Å². The van der Waals surface area contributed by atoms with Gasteiger partial charge in [-0.1, -0.05) is 24.3 Å². The first-order valence-corrected chi connectivity index (χ1v) is 5.40. The third-order valence-electron chi connectivity index (χ3n) is 2.56. The van der Waals surface area contributed by atoms with E-state index in [0.717, 1.165) is 6.07 Å². The highest BCUT2D eigenvalue weighted by atomic mass is 16.5. The van der Waals surface area contributed by atoms with Crippen LogP contribution in [-0.2, 0) is 9.53 Å². The molecule has 0 aromatic heterocycles. The van der Waals surface area contributed by atoms with Crippen molar-refractivity contribution in [1.29, 1.82) is 0 Å². The molecule has 4 N–H and O–H groups in total. The number of benzene rings is 2. The quantitative estimate of drug-likeness (QED) is 0.561. The molecule has 0 fully saturated rings. The molecule has 6 heteroatoms. The summed E-state index contributed by atoms with van der Waals surface area (Å²) in [6.45, 7) is -0.591. The number of aromatic hydroxyl groups is 2. The third-order valence-corrected chi connectivity index (χ3v) is 2.56. The van der Waals surface area contributed by atoms with Crippen molar-refractivity contribution in [3.05, 3.63) is 35.9 Å². The molecular weight excluding hydrogens is 250 g/mol. The van der Waals surface area contributed by atoms with Crippen LogP contribution < -0.4 is 5.73 Å². The Labute approximate surface area is 108 Å². The number of carbonyl (C=O) groups is 2. The van der Waals surface area contributed by atoms with Crippen molar-refractivity contribution in [2.75, 3.05) is 6.61 Å². The van der Waals surface area contributed by atoms with Gasteiger partial charge in [0.25, 0.3) is 5.91 Å². The molecule has 2 rings (SSSR count). The number of amides is 1. The molecule has 0 aliphatic heterocycles. The van der Waals surface area contributed by atoms with E-state index in [1.807, 2.05) is 0 Å². The van der Waals surface area contributed by atoms with Crippen molar-refractivity contribution >= 4 is 22.6 Å². The first kappa shape index (κ1) is 12.7. The normalized spacial score (nSPS) is 10.3. The molecule has 0 radical (unpaired) electrons. The molecule has 0 saturated carbocycles. The summed E-state index contributed by atoms with van der Waals surface area (Å²) in [5, 5.41) is 20.5. The van der Waals surface area contributed by atoms with E-state index < -0.39 is 18.5 Å². The number of esters is 1. The van der Waals surface area contributed by atoms with E-state index in [9.17, 15) is 19.8 Å². The molecule has 0 aliphatic rings. The Morgan fingerprint density at radius 1 is 1.16 bits per heavy atom. The number of primary amides is 1. The largest absolute Gasteiger partial charge is 0.507 e.